The number of hydrogen-bond acceptors (Lipinski definition) is 4. The maximum Gasteiger partial charge on any atom is 0.323 e. The molecule has 1 aromatic rings. The van der Waals surface area contributed by atoms with Crippen molar-refractivity contribution in [2.75, 3.05) is 13.2 Å². The lowest BCUT2D eigenvalue weighted by molar-refractivity contribution is -0.146. The van der Waals surface area contributed by atoms with Crippen LogP contribution < -0.4 is 10.1 Å². The number of ether oxygens (including phenoxy) is 2. The van der Waals surface area contributed by atoms with E-state index in [1.807, 2.05) is 46.8 Å². The molecule has 1 unspecified atom stereocenters. The molecule has 1 rings (SSSR count). The Morgan fingerprint density at radius 2 is 1.81 bits per heavy atom. The van der Waals surface area contributed by atoms with E-state index >= 15 is 0 Å². The fraction of sp³-hybridized carbons (Fsp3) is 0.588. The third-order valence-corrected chi connectivity index (χ3v) is 2.98. The molecule has 0 bridgehead atoms. The lowest BCUT2D eigenvalue weighted by atomic mass is 10.1. The van der Waals surface area contributed by atoms with Crippen molar-refractivity contribution in [2.45, 2.75) is 53.1 Å². The second kappa shape index (κ2) is 8.67. The van der Waals surface area contributed by atoms with Gasteiger partial charge in [0.1, 0.15) is 11.8 Å². The summed E-state index contributed by atoms with van der Waals surface area (Å²) >= 11 is 0. The van der Waals surface area contributed by atoms with Crippen LogP contribution in [-0.2, 0) is 9.53 Å². The summed E-state index contributed by atoms with van der Waals surface area (Å²) in [5.41, 5.74) is 2.35. The summed E-state index contributed by atoms with van der Waals surface area (Å²) < 4.78 is 10.8. The first-order chi connectivity index (χ1) is 9.92. The standard InChI is InChI=1S/C17H27NO3/c1-6-20-17(19)16(18-12(2)3)7-8-21-15-10-13(4)9-14(5)11-15/h9-12,16,18H,6-8H2,1-5H3. The summed E-state index contributed by atoms with van der Waals surface area (Å²) in [4.78, 5) is 11.9. The summed E-state index contributed by atoms with van der Waals surface area (Å²) in [6.45, 7) is 10.8. The number of esters is 1. The Bertz CT molecular complexity index is 437. The lowest BCUT2D eigenvalue weighted by Gasteiger charge is -2.20. The van der Waals surface area contributed by atoms with Crippen LogP contribution in [0.1, 0.15) is 38.3 Å². The Balaban J connectivity index is 2.54. The van der Waals surface area contributed by atoms with Crippen molar-refractivity contribution in [2.24, 2.45) is 0 Å². The molecule has 118 valence electrons. The molecule has 0 saturated heterocycles. The lowest BCUT2D eigenvalue weighted by Crippen LogP contribution is -2.42. The van der Waals surface area contributed by atoms with Crippen LogP contribution in [0.15, 0.2) is 18.2 Å². The van der Waals surface area contributed by atoms with Crippen LogP contribution >= 0.6 is 0 Å². The SMILES string of the molecule is CCOC(=O)C(CCOc1cc(C)cc(C)c1)NC(C)C. The highest BCUT2D eigenvalue weighted by Crippen LogP contribution is 2.16. The first-order valence-corrected chi connectivity index (χ1v) is 7.56. The van der Waals surface area contributed by atoms with E-state index in [1.54, 1.807) is 0 Å². The van der Waals surface area contributed by atoms with Crippen LogP contribution in [0.2, 0.25) is 0 Å². The van der Waals surface area contributed by atoms with E-state index in [4.69, 9.17) is 9.47 Å². The molecule has 0 spiro atoms. The van der Waals surface area contributed by atoms with Crippen molar-refractivity contribution >= 4 is 5.97 Å². The van der Waals surface area contributed by atoms with Gasteiger partial charge in [0.05, 0.1) is 13.2 Å². The van der Waals surface area contributed by atoms with Crippen molar-refractivity contribution in [3.8, 4) is 5.75 Å². The minimum Gasteiger partial charge on any atom is -0.494 e. The molecule has 0 saturated carbocycles. The smallest absolute Gasteiger partial charge is 0.323 e. The topological polar surface area (TPSA) is 47.6 Å². The van der Waals surface area contributed by atoms with Gasteiger partial charge in [-0.05, 0) is 44.0 Å². The summed E-state index contributed by atoms with van der Waals surface area (Å²) in [6.07, 6.45) is 0.587. The van der Waals surface area contributed by atoms with Gasteiger partial charge in [0, 0.05) is 12.5 Å². The van der Waals surface area contributed by atoms with Gasteiger partial charge in [-0.3, -0.25) is 4.79 Å². The molecule has 4 heteroatoms. The van der Waals surface area contributed by atoms with Crippen LogP contribution in [0.4, 0.5) is 0 Å². The molecule has 0 heterocycles. The van der Waals surface area contributed by atoms with Gasteiger partial charge in [0.15, 0.2) is 0 Å². The normalized spacial score (nSPS) is 12.3. The largest absolute Gasteiger partial charge is 0.494 e. The third kappa shape index (κ3) is 6.63. The number of hydrogen-bond donors (Lipinski definition) is 1. The highest BCUT2D eigenvalue weighted by molar-refractivity contribution is 5.75. The molecule has 0 aliphatic heterocycles. The highest BCUT2D eigenvalue weighted by atomic mass is 16.5. The third-order valence-electron chi connectivity index (χ3n) is 2.98. The summed E-state index contributed by atoms with van der Waals surface area (Å²) in [7, 11) is 0. The summed E-state index contributed by atoms with van der Waals surface area (Å²) in [6, 6.07) is 6.01. The first-order valence-electron chi connectivity index (χ1n) is 7.56. The van der Waals surface area contributed by atoms with Gasteiger partial charge in [0.25, 0.3) is 0 Å². The fourth-order valence-corrected chi connectivity index (χ4v) is 2.23. The molecule has 0 aromatic heterocycles. The predicted molar refractivity (Wildman–Crippen MR) is 84.7 cm³/mol. The monoisotopic (exact) mass is 293 g/mol. The molecular formula is C17H27NO3. The summed E-state index contributed by atoms with van der Waals surface area (Å²) in [5, 5.41) is 3.22. The van der Waals surface area contributed by atoms with Crippen LogP contribution in [0.5, 0.6) is 5.75 Å². The maximum atomic E-state index is 11.9. The van der Waals surface area contributed by atoms with Gasteiger partial charge < -0.3 is 14.8 Å². The number of nitrogens with one attached hydrogen (secondary N) is 1. The van der Waals surface area contributed by atoms with Gasteiger partial charge in [-0.15, -0.1) is 0 Å². The number of benzene rings is 1. The highest BCUT2D eigenvalue weighted by Gasteiger charge is 2.20. The van der Waals surface area contributed by atoms with Crippen LogP contribution in [0.3, 0.4) is 0 Å². The molecule has 0 aliphatic rings. The Labute approximate surface area is 127 Å². The second-order valence-corrected chi connectivity index (χ2v) is 5.59. The van der Waals surface area contributed by atoms with Gasteiger partial charge >= 0.3 is 5.97 Å². The van der Waals surface area contributed by atoms with Crippen molar-refractivity contribution in [1.29, 1.82) is 0 Å². The predicted octanol–water partition coefficient (Wildman–Crippen LogP) is 3.00. The average Bonchev–Trinajstić information content (AvgIpc) is 2.36. The zero-order chi connectivity index (χ0) is 15.8. The minimum absolute atomic E-state index is 0.213. The fourth-order valence-electron chi connectivity index (χ4n) is 2.23. The Kier molecular flexibility index (Phi) is 7.23. The molecule has 1 N–H and O–H groups in total. The minimum atomic E-state index is -0.323. The number of carbonyl (C=O) groups excluding carboxylic acids is 1. The first kappa shape index (κ1) is 17.5. The number of carbonyl (C=O) groups is 1. The van der Waals surface area contributed by atoms with Crippen molar-refractivity contribution < 1.29 is 14.3 Å². The average molecular weight is 293 g/mol. The van der Waals surface area contributed by atoms with Gasteiger partial charge in [-0.25, -0.2) is 0 Å². The van der Waals surface area contributed by atoms with Crippen LogP contribution in [-0.4, -0.2) is 31.3 Å². The Morgan fingerprint density at radius 3 is 2.33 bits per heavy atom. The number of aryl methyl sites for hydroxylation is 2. The molecule has 1 aromatic carbocycles. The second-order valence-electron chi connectivity index (χ2n) is 5.59. The van der Waals surface area contributed by atoms with Crippen molar-refractivity contribution in [3.05, 3.63) is 29.3 Å². The van der Waals surface area contributed by atoms with Gasteiger partial charge in [-0.2, -0.15) is 0 Å². The van der Waals surface area contributed by atoms with E-state index < -0.39 is 0 Å². The van der Waals surface area contributed by atoms with Crippen LogP contribution in [0, 0.1) is 13.8 Å². The van der Waals surface area contributed by atoms with Gasteiger partial charge in [0.2, 0.25) is 0 Å². The zero-order valence-electron chi connectivity index (χ0n) is 13.7. The van der Waals surface area contributed by atoms with E-state index in [1.165, 1.54) is 11.1 Å². The van der Waals surface area contributed by atoms with E-state index in [0.29, 0.717) is 19.6 Å². The molecule has 0 radical (unpaired) electrons. The quantitative estimate of drug-likeness (QED) is 0.749. The van der Waals surface area contributed by atoms with E-state index in [2.05, 4.69) is 11.4 Å². The van der Waals surface area contributed by atoms with E-state index in [-0.39, 0.29) is 18.1 Å². The van der Waals surface area contributed by atoms with Crippen molar-refractivity contribution in [1.82, 2.24) is 5.32 Å². The van der Waals surface area contributed by atoms with Crippen molar-refractivity contribution in [3.63, 3.8) is 0 Å². The maximum absolute atomic E-state index is 11.9. The van der Waals surface area contributed by atoms with E-state index in [0.717, 1.165) is 5.75 Å². The van der Waals surface area contributed by atoms with Gasteiger partial charge in [-0.1, -0.05) is 19.9 Å². The van der Waals surface area contributed by atoms with E-state index in [9.17, 15) is 4.79 Å². The molecule has 21 heavy (non-hydrogen) atoms. The molecule has 1 atom stereocenters. The molecule has 0 aliphatic carbocycles. The molecule has 0 amide bonds. The summed E-state index contributed by atoms with van der Waals surface area (Å²) in [5.74, 6) is 0.634. The Hall–Kier alpha value is -1.55. The van der Waals surface area contributed by atoms with Crippen LogP contribution in [0.25, 0.3) is 0 Å². The zero-order valence-corrected chi connectivity index (χ0v) is 13.7. The molecule has 0 fully saturated rings. The molecular weight excluding hydrogens is 266 g/mol. The molecule has 4 nitrogen and oxygen atoms in total. The Morgan fingerprint density at radius 1 is 1.19 bits per heavy atom. The number of rotatable bonds is 8.